The normalized spacial score (nSPS) is 14.2. The summed E-state index contributed by atoms with van der Waals surface area (Å²) in [6.07, 6.45) is -3.39. The van der Waals surface area contributed by atoms with Crippen molar-refractivity contribution in [3.05, 3.63) is 89.0 Å². The predicted octanol–water partition coefficient (Wildman–Crippen LogP) is 6.52. The molecule has 3 amide bonds. The van der Waals surface area contributed by atoms with E-state index < -0.39 is 12.4 Å². The summed E-state index contributed by atoms with van der Waals surface area (Å²) >= 11 is 7.54. The number of ether oxygens (including phenoxy) is 3. The molecule has 1 aromatic heterocycles. The minimum absolute atomic E-state index is 0.0386. The third-order valence-electron chi connectivity index (χ3n) is 6.17. The van der Waals surface area contributed by atoms with Crippen molar-refractivity contribution in [1.82, 2.24) is 14.8 Å². The lowest BCUT2D eigenvalue weighted by Crippen LogP contribution is -2.31. The smallest absolute Gasteiger partial charge is 0.485 e. The van der Waals surface area contributed by atoms with Gasteiger partial charge in [-0.15, -0.1) is 18.3 Å². The number of hydrogen-bond acceptors (Lipinski definition) is 8. The van der Waals surface area contributed by atoms with Gasteiger partial charge in [-0.3, -0.25) is 9.69 Å². The number of halogens is 4. The Labute approximate surface area is 263 Å². The van der Waals surface area contributed by atoms with Crippen molar-refractivity contribution in [3.63, 3.8) is 0 Å². The van der Waals surface area contributed by atoms with Crippen LogP contribution < -0.4 is 19.7 Å². The topological polar surface area (TPSA) is 120 Å². The molecule has 0 bridgehead atoms. The molecule has 4 aromatic rings. The molecule has 2 heterocycles. The van der Waals surface area contributed by atoms with E-state index in [-0.39, 0.29) is 46.5 Å². The number of alkyl halides is 3. The summed E-state index contributed by atoms with van der Waals surface area (Å²) in [6.45, 7) is 2.14. The molecular weight excluding hydrogens is 637 g/mol. The highest BCUT2D eigenvalue weighted by atomic mass is 35.5. The number of thioether (sulfide) groups is 1. The molecule has 0 spiro atoms. The Morgan fingerprint density at radius 1 is 1.09 bits per heavy atom. The summed E-state index contributed by atoms with van der Waals surface area (Å²) < 4.78 is 53.4. The van der Waals surface area contributed by atoms with Crippen molar-refractivity contribution in [2.24, 2.45) is 4.99 Å². The Hall–Kier alpha value is -4.60. The van der Waals surface area contributed by atoms with Gasteiger partial charge in [0.2, 0.25) is 5.91 Å². The summed E-state index contributed by atoms with van der Waals surface area (Å²) in [5, 5.41) is 7.29. The highest BCUT2D eigenvalue weighted by molar-refractivity contribution is 8.15. The van der Waals surface area contributed by atoms with E-state index in [0.717, 1.165) is 22.9 Å². The lowest BCUT2D eigenvalue weighted by Gasteiger charge is -2.20. The molecular formula is C29H24ClF3N6O5S. The van der Waals surface area contributed by atoms with Gasteiger partial charge in [0, 0.05) is 18.7 Å². The minimum atomic E-state index is -4.78. The average Bonchev–Trinajstić information content (AvgIpc) is 3.60. The van der Waals surface area contributed by atoms with Gasteiger partial charge in [-0.1, -0.05) is 35.5 Å². The third kappa shape index (κ3) is 8.12. The standard InChI is InChI=1S/C29H24ClF3N6O5S/c1-17-3-4-18(13-42-2)24(11-17)39-26(40)15-45-28(39)36-27(41)35-23-10-9-21(12-22(23)30)43-14-25-34-16-38(37-25)19-5-7-20(8-6-19)44-29(31,32)33/h3-12,16H,13-15H2,1-2H3,(H,35,41). The molecule has 16 heteroatoms. The van der Waals surface area contributed by atoms with Crippen LogP contribution in [0.25, 0.3) is 5.69 Å². The summed E-state index contributed by atoms with van der Waals surface area (Å²) in [7, 11) is 1.56. The van der Waals surface area contributed by atoms with Crippen molar-refractivity contribution in [1.29, 1.82) is 0 Å². The van der Waals surface area contributed by atoms with Gasteiger partial charge in [-0.2, -0.15) is 4.99 Å². The SMILES string of the molecule is COCc1ccc(C)cc1N1C(=O)CSC1=NC(=O)Nc1ccc(OCc2ncn(-c3ccc(OC(F)(F)F)cc3)n2)cc1Cl. The number of anilines is 2. The van der Waals surface area contributed by atoms with Gasteiger partial charge in [0.25, 0.3) is 0 Å². The molecule has 5 rings (SSSR count). The van der Waals surface area contributed by atoms with Gasteiger partial charge in [-0.05, 0) is 55.0 Å². The van der Waals surface area contributed by atoms with Gasteiger partial charge in [0.05, 0.1) is 34.4 Å². The zero-order valence-corrected chi connectivity index (χ0v) is 25.2. The van der Waals surface area contributed by atoms with Crippen LogP contribution in [0, 0.1) is 6.92 Å². The second kappa shape index (κ2) is 13.6. The molecule has 1 fully saturated rings. The van der Waals surface area contributed by atoms with E-state index in [9.17, 15) is 22.8 Å². The Bertz CT molecular complexity index is 1750. The first-order valence-corrected chi connectivity index (χ1v) is 14.5. The predicted molar refractivity (Wildman–Crippen MR) is 162 cm³/mol. The summed E-state index contributed by atoms with van der Waals surface area (Å²) in [4.78, 5) is 35.3. The number of aliphatic imine (C=N–C) groups is 1. The Morgan fingerprint density at radius 3 is 2.56 bits per heavy atom. The summed E-state index contributed by atoms with van der Waals surface area (Å²) in [5.74, 6) is 0.233. The molecule has 0 radical (unpaired) electrons. The quantitative estimate of drug-likeness (QED) is 0.215. The fourth-order valence-electron chi connectivity index (χ4n) is 4.19. The first-order chi connectivity index (χ1) is 21.5. The van der Waals surface area contributed by atoms with Crippen molar-refractivity contribution < 1.29 is 37.0 Å². The van der Waals surface area contributed by atoms with Gasteiger partial charge >= 0.3 is 12.4 Å². The Kier molecular flexibility index (Phi) is 9.60. The maximum absolute atomic E-state index is 12.8. The van der Waals surface area contributed by atoms with Crippen LogP contribution in [-0.4, -0.2) is 51.1 Å². The largest absolute Gasteiger partial charge is 0.573 e. The van der Waals surface area contributed by atoms with Crippen LogP contribution >= 0.6 is 23.4 Å². The maximum Gasteiger partial charge on any atom is 0.573 e. The van der Waals surface area contributed by atoms with E-state index in [1.54, 1.807) is 13.2 Å². The van der Waals surface area contributed by atoms with Gasteiger partial charge in [0.1, 0.15) is 24.4 Å². The fraction of sp³-hybridized carbons (Fsp3) is 0.207. The monoisotopic (exact) mass is 660 g/mol. The molecule has 0 aliphatic carbocycles. The van der Waals surface area contributed by atoms with Gasteiger partial charge < -0.3 is 19.5 Å². The van der Waals surface area contributed by atoms with E-state index in [1.165, 1.54) is 52.3 Å². The molecule has 3 aromatic carbocycles. The molecule has 0 saturated carbocycles. The second-order valence-corrected chi connectivity index (χ2v) is 10.8. The zero-order chi connectivity index (χ0) is 32.1. The number of aromatic nitrogens is 3. The highest BCUT2D eigenvalue weighted by Crippen LogP contribution is 2.32. The van der Waals surface area contributed by atoms with Gasteiger partial charge in [0.15, 0.2) is 11.0 Å². The second-order valence-electron chi connectivity index (χ2n) is 9.48. The first-order valence-electron chi connectivity index (χ1n) is 13.1. The van der Waals surface area contributed by atoms with Crippen LogP contribution in [0.4, 0.5) is 29.3 Å². The van der Waals surface area contributed by atoms with Crippen LogP contribution in [0.3, 0.4) is 0 Å². The number of amides is 3. The lowest BCUT2D eigenvalue weighted by atomic mass is 10.1. The number of methoxy groups -OCH3 is 1. The maximum atomic E-state index is 12.8. The van der Waals surface area contributed by atoms with Crippen LogP contribution in [0.1, 0.15) is 17.0 Å². The van der Waals surface area contributed by atoms with Crippen molar-refractivity contribution in [2.75, 3.05) is 23.1 Å². The molecule has 234 valence electrons. The summed E-state index contributed by atoms with van der Waals surface area (Å²) in [6, 6.07) is 14.6. The number of nitrogens with one attached hydrogen (secondary N) is 1. The van der Waals surface area contributed by atoms with Crippen LogP contribution in [0.2, 0.25) is 5.02 Å². The fourth-order valence-corrected chi connectivity index (χ4v) is 5.27. The van der Waals surface area contributed by atoms with Gasteiger partial charge in [-0.25, -0.2) is 14.5 Å². The Balaban J connectivity index is 1.21. The van der Waals surface area contributed by atoms with E-state index in [1.807, 2.05) is 25.1 Å². The molecule has 0 unspecified atom stereocenters. The number of aryl methyl sites for hydroxylation is 1. The number of hydrogen-bond donors (Lipinski definition) is 1. The number of nitrogens with zero attached hydrogens (tertiary/aromatic N) is 5. The van der Waals surface area contributed by atoms with Crippen LogP contribution in [0.5, 0.6) is 11.5 Å². The molecule has 0 atom stereocenters. The molecule has 1 saturated heterocycles. The van der Waals surface area contributed by atoms with Crippen molar-refractivity contribution in [2.45, 2.75) is 26.5 Å². The molecule has 1 N–H and O–H groups in total. The number of amidine groups is 1. The minimum Gasteiger partial charge on any atom is -0.485 e. The zero-order valence-electron chi connectivity index (χ0n) is 23.7. The number of carbonyl (C=O) groups is 2. The first kappa shape index (κ1) is 31.8. The third-order valence-corrected chi connectivity index (χ3v) is 7.40. The van der Waals surface area contributed by atoms with E-state index in [2.05, 4.69) is 25.1 Å². The van der Waals surface area contributed by atoms with E-state index in [0.29, 0.717) is 22.9 Å². The number of carbonyl (C=O) groups excluding carboxylic acids is 2. The number of urea groups is 1. The number of rotatable bonds is 9. The van der Waals surface area contributed by atoms with E-state index in [4.69, 9.17) is 21.1 Å². The molecule has 11 nitrogen and oxygen atoms in total. The van der Waals surface area contributed by atoms with Crippen LogP contribution in [-0.2, 0) is 22.7 Å². The molecule has 1 aliphatic heterocycles. The Morgan fingerprint density at radius 2 is 1.84 bits per heavy atom. The summed E-state index contributed by atoms with van der Waals surface area (Å²) in [5.41, 5.74) is 3.06. The molecule has 45 heavy (non-hydrogen) atoms. The lowest BCUT2D eigenvalue weighted by molar-refractivity contribution is -0.274. The highest BCUT2D eigenvalue weighted by Gasteiger charge is 2.32. The van der Waals surface area contributed by atoms with Crippen molar-refractivity contribution in [3.8, 4) is 17.2 Å². The average molecular weight is 661 g/mol. The number of benzene rings is 3. The van der Waals surface area contributed by atoms with E-state index >= 15 is 0 Å². The molecule has 1 aliphatic rings. The van der Waals surface area contributed by atoms with Crippen molar-refractivity contribution >= 4 is 51.8 Å². The van der Waals surface area contributed by atoms with Crippen LogP contribution in [0.15, 0.2) is 72.0 Å².